The normalized spacial score (nSPS) is 10.9. The van der Waals surface area contributed by atoms with E-state index in [4.69, 9.17) is 0 Å². The SMILES string of the molecule is CCSc1ccccc1C(=O)Nc1nnc(CC(C)C)s1. The number of carbonyl (C=O) groups excluding carboxylic acids is 1. The minimum absolute atomic E-state index is 0.126. The third kappa shape index (κ3) is 4.54. The molecule has 0 atom stereocenters. The summed E-state index contributed by atoms with van der Waals surface area (Å²) in [5, 5.41) is 12.5. The van der Waals surface area contributed by atoms with Crippen molar-refractivity contribution in [2.75, 3.05) is 11.1 Å². The average molecular weight is 321 g/mol. The first-order valence-corrected chi connectivity index (χ1v) is 8.76. The highest BCUT2D eigenvalue weighted by Crippen LogP contribution is 2.24. The Morgan fingerprint density at radius 1 is 1.33 bits per heavy atom. The molecular formula is C15H19N3OS2. The maximum atomic E-state index is 12.4. The molecule has 1 aromatic heterocycles. The minimum Gasteiger partial charge on any atom is -0.296 e. The number of amides is 1. The van der Waals surface area contributed by atoms with Crippen molar-refractivity contribution in [1.29, 1.82) is 0 Å². The van der Waals surface area contributed by atoms with Crippen LogP contribution in [0, 0.1) is 5.92 Å². The molecule has 1 amide bonds. The highest BCUT2D eigenvalue weighted by Gasteiger charge is 2.14. The largest absolute Gasteiger partial charge is 0.296 e. The summed E-state index contributed by atoms with van der Waals surface area (Å²) in [6, 6.07) is 7.62. The summed E-state index contributed by atoms with van der Waals surface area (Å²) >= 11 is 3.10. The van der Waals surface area contributed by atoms with Crippen molar-refractivity contribution in [2.45, 2.75) is 32.1 Å². The first-order valence-electron chi connectivity index (χ1n) is 6.95. The molecule has 1 heterocycles. The molecule has 4 nitrogen and oxygen atoms in total. The Bertz CT molecular complexity index is 610. The lowest BCUT2D eigenvalue weighted by atomic mass is 10.1. The predicted molar refractivity (Wildman–Crippen MR) is 89.2 cm³/mol. The van der Waals surface area contributed by atoms with Gasteiger partial charge in [0.25, 0.3) is 5.91 Å². The quantitative estimate of drug-likeness (QED) is 0.814. The Kier molecular flexibility index (Phi) is 5.76. The standard InChI is InChI=1S/C15H19N3OS2/c1-4-20-12-8-6-5-7-11(12)14(19)16-15-18-17-13(21-15)9-10(2)3/h5-8,10H,4,9H2,1-3H3,(H,16,18,19). The van der Waals surface area contributed by atoms with Crippen molar-refractivity contribution in [3.8, 4) is 0 Å². The van der Waals surface area contributed by atoms with Gasteiger partial charge in [0.15, 0.2) is 0 Å². The zero-order chi connectivity index (χ0) is 15.2. The second-order valence-electron chi connectivity index (χ2n) is 4.98. The number of rotatable bonds is 6. The Balaban J connectivity index is 2.09. The molecule has 0 radical (unpaired) electrons. The maximum absolute atomic E-state index is 12.4. The number of nitrogens with one attached hydrogen (secondary N) is 1. The van der Waals surface area contributed by atoms with Crippen molar-refractivity contribution in [3.63, 3.8) is 0 Å². The molecule has 0 fully saturated rings. The van der Waals surface area contributed by atoms with Crippen LogP contribution in [0.25, 0.3) is 0 Å². The monoisotopic (exact) mass is 321 g/mol. The smallest absolute Gasteiger partial charge is 0.258 e. The van der Waals surface area contributed by atoms with Gasteiger partial charge in [-0.25, -0.2) is 0 Å². The molecule has 112 valence electrons. The molecule has 0 saturated heterocycles. The highest BCUT2D eigenvalue weighted by atomic mass is 32.2. The molecule has 21 heavy (non-hydrogen) atoms. The predicted octanol–water partition coefficient (Wildman–Crippen LogP) is 4.10. The van der Waals surface area contributed by atoms with Crippen LogP contribution in [-0.4, -0.2) is 21.9 Å². The summed E-state index contributed by atoms with van der Waals surface area (Å²) in [6.45, 7) is 6.35. The van der Waals surface area contributed by atoms with Gasteiger partial charge in [0.1, 0.15) is 5.01 Å². The summed E-state index contributed by atoms with van der Waals surface area (Å²) in [5.41, 5.74) is 0.685. The zero-order valence-corrected chi connectivity index (χ0v) is 14.1. The molecule has 0 aliphatic carbocycles. The van der Waals surface area contributed by atoms with Gasteiger partial charge in [-0.1, -0.05) is 44.2 Å². The van der Waals surface area contributed by atoms with Gasteiger partial charge in [0.05, 0.1) is 5.56 Å². The van der Waals surface area contributed by atoms with E-state index in [1.165, 1.54) is 11.3 Å². The van der Waals surface area contributed by atoms with E-state index < -0.39 is 0 Å². The van der Waals surface area contributed by atoms with Gasteiger partial charge in [-0.05, 0) is 23.8 Å². The molecule has 0 unspecified atom stereocenters. The van der Waals surface area contributed by atoms with Crippen LogP contribution < -0.4 is 5.32 Å². The van der Waals surface area contributed by atoms with Gasteiger partial charge >= 0.3 is 0 Å². The van der Waals surface area contributed by atoms with Gasteiger partial charge in [-0.15, -0.1) is 22.0 Å². The summed E-state index contributed by atoms with van der Waals surface area (Å²) in [4.78, 5) is 13.3. The van der Waals surface area contributed by atoms with Gasteiger partial charge < -0.3 is 0 Å². The van der Waals surface area contributed by atoms with Crippen molar-refractivity contribution < 1.29 is 4.79 Å². The van der Waals surface area contributed by atoms with Crippen LogP contribution in [0.3, 0.4) is 0 Å². The molecular weight excluding hydrogens is 302 g/mol. The van der Waals surface area contributed by atoms with Crippen molar-refractivity contribution in [2.24, 2.45) is 5.92 Å². The van der Waals surface area contributed by atoms with E-state index in [1.54, 1.807) is 11.8 Å². The van der Waals surface area contributed by atoms with E-state index >= 15 is 0 Å². The number of hydrogen-bond acceptors (Lipinski definition) is 5. The van der Waals surface area contributed by atoms with E-state index in [0.29, 0.717) is 16.6 Å². The summed E-state index contributed by atoms with van der Waals surface area (Å²) in [7, 11) is 0. The van der Waals surface area contributed by atoms with E-state index in [0.717, 1.165) is 22.1 Å². The number of anilines is 1. The first kappa shape index (κ1) is 16.0. The fourth-order valence-corrected chi connectivity index (χ4v) is 3.58. The topological polar surface area (TPSA) is 54.9 Å². The van der Waals surface area contributed by atoms with Crippen molar-refractivity contribution in [3.05, 3.63) is 34.8 Å². The highest BCUT2D eigenvalue weighted by molar-refractivity contribution is 7.99. The van der Waals surface area contributed by atoms with Gasteiger partial charge in [0, 0.05) is 11.3 Å². The lowest BCUT2D eigenvalue weighted by Crippen LogP contribution is -2.12. The zero-order valence-electron chi connectivity index (χ0n) is 12.4. The van der Waals surface area contributed by atoms with E-state index in [1.807, 2.05) is 24.3 Å². The molecule has 0 spiro atoms. The van der Waals surface area contributed by atoms with Crippen molar-refractivity contribution in [1.82, 2.24) is 10.2 Å². The fraction of sp³-hybridized carbons (Fsp3) is 0.400. The maximum Gasteiger partial charge on any atom is 0.258 e. The molecule has 1 aromatic carbocycles. The van der Waals surface area contributed by atoms with E-state index in [2.05, 4.69) is 36.3 Å². The fourth-order valence-electron chi connectivity index (χ4n) is 1.84. The number of carbonyl (C=O) groups is 1. The van der Waals surface area contributed by atoms with Gasteiger partial charge in [-0.2, -0.15) is 0 Å². The number of aromatic nitrogens is 2. The van der Waals surface area contributed by atoms with E-state index in [-0.39, 0.29) is 5.91 Å². The number of nitrogens with zero attached hydrogens (tertiary/aromatic N) is 2. The van der Waals surface area contributed by atoms with Crippen molar-refractivity contribution >= 4 is 34.1 Å². The number of thioether (sulfide) groups is 1. The third-order valence-electron chi connectivity index (χ3n) is 2.70. The summed E-state index contributed by atoms with van der Waals surface area (Å²) in [5.74, 6) is 1.34. The Morgan fingerprint density at radius 3 is 2.81 bits per heavy atom. The molecule has 0 aliphatic heterocycles. The molecule has 0 bridgehead atoms. The van der Waals surface area contributed by atoms with Gasteiger partial charge in [0.2, 0.25) is 5.13 Å². The molecule has 0 aliphatic rings. The second kappa shape index (κ2) is 7.56. The summed E-state index contributed by atoms with van der Waals surface area (Å²) in [6.07, 6.45) is 0.885. The Hall–Kier alpha value is -1.40. The van der Waals surface area contributed by atoms with Crippen LogP contribution in [0.4, 0.5) is 5.13 Å². The van der Waals surface area contributed by atoms with Crippen LogP contribution in [0.2, 0.25) is 0 Å². The molecule has 2 rings (SSSR count). The van der Waals surface area contributed by atoms with Crippen LogP contribution >= 0.6 is 23.1 Å². The van der Waals surface area contributed by atoms with Crippen LogP contribution in [-0.2, 0) is 6.42 Å². The van der Waals surface area contributed by atoms with Crippen LogP contribution in [0.1, 0.15) is 36.1 Å². The van der Waals surface area contributed by atoms with Crippen LogP contribution in [0.15, 0.2) is 29.2 Å². The van der Waals surface area contributed by atoms with Crippen LogP contribution in [0.5, 0.6) is 0 Å². The lowest BCUT2D eigenvalue weighted by molar-refractivity contribution is 0.102. The molecule has 1 N–H and O–H groups in total. The minimum atomic E-state index is -0.126. The Morgan fingerprint density at radius 2 is 2.10 bits per heavy atom. The second-order valence-corrected chi connectivity index (χ2v) is 7.35. The summed E-state index contributed by atoms with van der Waals surface area (Å²) < 4.78 is 0. The molecule has 0 saturated carbocycles. The first-order chi connectivity index (χ1) is 10.1. The lowest BCUT2D eigenvalue weighted by Gasteiger charge is -2.06. The number of hydrogen-bond donors (Lipinski definition) is 1. The molecule has 6 heteroatoms. The average Bonchev–Trinajstić information content (AvgIpc) is 2.86. The van der Waals surface area contributed by atoms with E-state index in [9.17, 15) is 4.79 Å². The van der Waals surface area contributed by atoms with Gasteiger partial charge in [-0.3, -0.25) is 10.1 Å². The number of benzene rings is 1. The Labute approximate surface area is 133 Å². The molecule has 2 aromatic rings. The third-order valence-corrected chi connectivity index (χ3v) is 4.52.